The van der Waals surface area contributed by atoms with Gasteiger partial charge in [0.2, 0.25) is 0 Å². The Morgan fingerprint density at radius 3 is 3.06 bits per heavy atom. The Hall–Kier alpha value is -1.35. The number of imidazole rings is 1. The second-order valence-corrected chi connectivity index (χ2v) is 5.35. The van der Waals surface area contributed by atoms with Gasteiger partial charge >= 0.3 is 0 Å². The summed E-state index contributed by atoms with van der Waals surface area (Å²) in [5.74, 6) is 1.09. The van der Waals surface area contributed by atoms with Crippen molar-refractivity contribution < 1.29 is 0 Å². The van der Waals surface area contributed by atoms with Crippen LogP contribution in [0.15, 0.2) is 18.2 Å². The van der Waals surface area contributed by atoms with Gasteiger partial charge in [-0.15, -0.1) is 0 Å². The molecule has 3 nitrogen and oxygen atoms in total. The predicted octanol–water partition coefficient (Wildman–Crippen LogP) is 2.57. The minimum Gasteiger partial charge on any atom is -0.331 e. The number of nitrogens with one attached hydrogen (secondary N) is 1. The van der Waals surface area contributed by atoms with Crippen molar-refractivity contribution >= 4 is 11.0 Å². The van der Waals surface area contributed by atoms with E-state index in [0.717, 1.165) is 17.8 Å². The van der Waals surface area contributed by atoms with Crippen molar-refractivity contribution in [3.8, 4) is 0 Å². The highest BCUT2D eigenvalue weighted by molar-refractivity contribution is 5.79. The summed E-state index contributed by atoms with van der Waals surface area (Å²) in [4.78, 5) is 4.61. The Bertz CT molecular complexity index is 550. The first-order valence-corrected chi connectivity index (χ1v) is 6.90. The second-order valence-electron chi connectivity index (χ2n) is 5.35. The zero-order chi connectivity index (χ0) is 12.5. The number of para-hydroxylation sites is 1. The number of hydrogen-bond acceptors (Lipinski definition) is 2. The zero-order valence-electron chi connectivity index (χ0n) is 11.2. The van der Waals surface area contributed by atoms with Crippen LogP contribution in [0.2, 0.25) is 0 Å². The number of benzene rings is 1. The summed E-state index contributed by atoms with van der Waals surface area (Å²) in [5, 5.41) is 3.63. The van der Waals surface area contributed by atoms with E-state index >= 15 is 0 Å². The summed E-state index contributed by atoms with van der Waals surface area (Å²) in [6.07, 6.45) is 5.10. The van der Waals surface area contributed by atoms with Crippen LogP contribution >= 0.6 is 0 Å². The smallest absolute Gasteiger partial charge is 0.106 e. The van der Waals surface area contributed by atoms with Gasteiger partial charge in [0.1, 0.15) is 5.82 Å². The lowest BCUT2D eigenvalue weighted by Crippen LogP contribution is -2.35. The summed E-state index contributed by atoms with van der Waals surface area (Å²) in [7, 11) is 2.11. The molecule has 1 N–H and O–H groups in total. The molecule has 0 aliphatic carbocycles. The van der Waals surface area contributed by atoms with Gasteiger partial charge in [-0.3, -0.25) is 0 Å². The van der Waals surface area contributed by atoms with Gasteiger partial charge in [-0.05, 0) is 44.4 Å². The number of hydrogen-bond donors (Lipinski definition) is 1. The third-order valence-electron chi connectivity index (χ3n) is 4.08. The Morgan fingerprint density at radius 1 is 1.39 bits per heavy atom. The van der Waals surface area contributed by atoms with E-state index in [1.54, 1.807) is 0 Å². The van der Waals surface area contributed by atoms with Crippen LogP contribution in [0.1, 0.15) is 30.7 Å². The van der Waals surface area contributed by atoms with Crippen LogP contribution in [0.25, 0.3) is 11.0 Å². The van der Waals surface area contributed by atoms with Gasteiger partial charge in [0.15, 0.2) is 0 Å². The molecule has 1 aliphatic heterocycles. The van der Waals surface area contributed by atoms with Crippen LogP contribution in [0, 0.1) is 6.92 Å². The van der Waals surface area contributed by atoms with Crippen LogP contribution in [0.5, 0.6) is 0 Å². The molecule has 18 heavy (non-hydrogen) atoms. The van der Waals surface area contributed by atoms with Crippen molar-refractivity contribution in [1.29, 1.82) is 0 Å². The summed E-state index contributed by atoms with van der Waals surface area (Å²) in [6, 6.07) is 7.13. The van der Waals surface area contributed by atoms with E-state index in [2.05, 4.69) is 47.0 Å². The number of aryl methyl sites for hydroxylation is 2. The quantitative estimate of drug-likeness (QED) is 0.878. The first-order chi connectivity index (χ1) is 8.75. The molecule has 0 radical (unpaired) electrons. The molecule has 96 valence electrons. The molecule has 1 fully saturated rings. The molecule has 0 spiro atoms. The molecule has 3 rings (SSSR count). The molecular weight excluding hydrogens is 222 g/mol. The molecule has 2 heterocycles. The Morgan fingerprint density at radius 2 is 2.28 bits per heavy atom. The number of rotatable bonds is 2. The minimum absolute atomic E-state index is 0.638. The fourth-order valence-electron chi connectivity index (χ4n) is 2.99. The van der Waals surface area contributed by atoms with Crippen molar-refractivity contribution in [2.75, 3.05) is 6.54 Å². The standard InChI is InChI=1S/C15H21N3/c1-11-17-14-8-5-6-12(15(14)18(11)2)10-13-7-3-4-9-16-13/h5-6,8,13,16H,3-4,7,9-10H2,1-2H3. The number of aromatic nitrogens is 2. The van der Waals surface area contributed by atoms with Crippen molar-refractivity contribution in [3.63, 3.8) is 0 Å². The van der Waals surface area contributed by atoms with E-state index < -0.39 is 0 Å². The van der Waals surface area contributed by atoms with Crippen LogP contribution in [-0.2, 0) is 13.5 Å². The predicted molar refractivity (Wildman–Crippen MR) is 74.8 cm³/mol. The van der Waals surface area contributed by atoms with E-state index in [-0.39, 0.29) is 0 Å². The van der Waals surface area contributed by atoms with Crippen LogP contribution in [0.4, 0.5) is 0 Å². The van der Waals surface area contributed by atoms with Crippen molar-refractivity contribution in [2.24, 2.45) is 7.05 Å². The Labute approximate surface area is 108 Å². The molecule has 1 aromatic carbocycles. The molecule has 1 saturated heterocycles. The van der Waals surface area contributed by atoms with Gasteiger partial charge in [-0.1, -0.05) is 18.6 Å². The maximum Gasteiger partial charge on any atom is 0.106 e. The Kier molecular flexibility index (Phi) is 3.08. The first kappa shape index (κ1) is 11.7. The van der Waals surface area contributed by atoms with Crippen molar-refractivity contribution in [1.82, 2.24) is 14.9 Å². The molecule has 1 aliphatic rings. The van der Waals surface area contributed by atoms with Gasteiger partial charge in [0, 0.05) is 13.1 Å². The van der Waals surface area contributed by atoms with E-state index in [4.69, 9.17) is 0 Å². The van der Waals surface area contributed by atoms with E-state index in [9.17, 15) is 0 Å². The molecule has 0 saturated carbocycles. The summed E-state index contributed by atoms with van der Waals surface area (Å²) >= 11 is 0. The van der Waals surface area contributed by atoms with Gasteiger partial charge in [-0.25, -0.2) is 4.98 Å². The van der Waals surface area contributed by atoms with Gasteiger partial charge in [-0.2, -0.15) is 0 Å². The monoisotopic (exact) mass is 243 g/mol. The lowest BCUT2D eigenvalue weighted by atomic mass is 9.97. The lowest BCUT2D eigenvalue weighted by molar-refractivity contribution is 0.400. The largest absolute Gasteiger partial charge is 0.331 e. The molecule has 1 atom stereocenters. The van der Waals surface area contributed by atoms with Crippen LogP contribution in [-0.4, -0.2) is 22.1 Å². The zero-order valence-corrected chi connectivity index (χ0v) is 11.2. The maximum absolute atomic E-state index is 4.61. The minimum atomic E-state index is 0.638. The van der Waals surface area contributed by atoms with Crippen molar-refractivity contribution in [2.45, 2.75) is 38.6 Å². The molecule has 3 heteroatoms. The maximum atomic E-state index is 4.61. The normalized spacial score (nSPS) is 20.4. The van der Waals surface area contributed by atoms with Crippen LogP contribution < -0.4 is 5.32 Å². The molecule has 2 aromatic rings. The second kappa shape index (κ2) is 4.73. The van der Waals surface area contributed by atoms with Crippen molar-refractivity contribution in [3.05, 3.63) is 29.6 Å². The molecular formula is C15H21N3. The average Bonchev–Trinajstić information content (AvgIpc) is 2.67. The fourth-order valence-corrected chi connectivity index (χ4v) is 2.99. The third kappa shape index (κ3) is 2.03. The fraction of sp³-hybridized carbons (Fsp3) is 0.533. The highest BCUT2D eigenvalue weighted by Crippen LogP contribution is 2.22. The number of nitrogens with zero attached hydrogens (tertiary/aromatic N) is 2. The van der Waals surface area contributed by atoms with E-state index in [1.807, 2.05) is 0 Å². The summed E-state index contributed by atoms with van der Waals surface area (Å²) in [6.45, 7) is 3.24. The molecule has 0 amide bonds. The highest BCUT2D eigenvalue weighted by Gasteiger charge is 2.16. The van der Waals surface area contributed by atoms with E-state index in [0.29, 0.717) is 6.04 Å². The summed E-state index contributed by atoms with van der Waals surface area (Å²) < 4.78 is 2.22. The lowest BCUT2D eigenvalue weighted by Gasteiger charge is -2.23. The number of fused-ring (bicyclic) bond motifs is 1. The highest BCUT2D eigenvalue weighted by atomic mass is 15.1. The topological polar surface area (TPSA) is 29.9 Å². The Balaban J connectivity index is 1.95. The van der Waals surface area contributed by atoms with Gasteiger partial charge in [0.25, 0.3) is 0 Å². The summed E-state index contributed by atoms with van der Waals surface area (Å²) in [5.41, 5.74) is 3.86. The SMILES string of the molecule is Cc1nc2cccc(CC3CCCCN3)c2n1C. The first-order valence-electron chi connectivity index (χ1n) is 6.90. The van der Waals surface area contributed by atoms with E-state index in [1.165, 1.54) is 36.9 Å². The average molecular weight is 243 g/mol. The van der Waals surface area contributed by atoms with Gasteiger partial charge in [0.05, 0.1) is 11.0 Å². The van der Waals surface area contributed by atoms with Crippen LogP contribution in [0.3, 0.4) is 0 Å². The molecule has 1 unspecified atom stereocenters. The third-order valence-corrected chi connectivity index (χ3v) is 4.08. The molecule has 0 bridgehead atoms. The molecule has 1 aromatic heterocycles. The van der Waals surface area contributed by atoms with Gasteiger partial charge < -0.3 is 9.88 Å². The number of piperidine rings is 1.